The van der Waals surface area contributed by atoms with Gasteiger partial charge in [0, 0.05) is 7.05 Å². The van der Waals surface area contributed by atoms with Crippen molar-refractivity contribution in [2.45, 2.75) is 90.9 Å². The molecule has 0 fully saturated rings. The molecule has 0 aromatic heterocycles. The minimum atomic E-state index is -3.82. The van der Waals surface area contributed by atoms with Crippen molar-refractivity contribution in [2.75, 3.05) is 20.3 Å². The lowest BCUT2D eigenvalue weighted by molar-refractivity contribution is 0.145. The summed E-state index contributed by atoms with van der Waals surface area (Å²) in [5, 5.41) is 7.32. The number of hydrogen-bond acceptors (Lipinski definition) is 5. The molecule has 148 valence electrons. The Hall–Kier alpha value is 0.0300. The van der Waals surface area contributed by atoms with Gasteiger partial charge in [0.25, 0.3) is 0 Å². The molecule has 0 aromatic rings. The van der Waals surface area contributed by atoms with Gasteiger partial charge in [-0.05, 0) is 12.8 Å². The zero-order valence-electron chi connectivity index (χ0n) is 16.0. The average Bonchev–Trinajstić information content (AvgIpc) is 2.54. The summed E-state index contributed by atoms with van der Waals surface area (Å²) in [7, 11) is -2.38. The summed E-state index contributed by atoms with van der Waals surface area (Å²) in [5.74, 6) is 0. The van der Waals surface area contributed by atoms with Crippen molar-refractivity contribution in [3.8, 4) is 0 Å². The number of hydroxylamine groups is 1. The molecular formula is C17H40NO5P. The number of phosphoric acid groups is 1. The monoisotopic (exact) mass is 369 g/mol. The summed E-state index contributed by atoms with van der Waals surface area (Å²) in [6, 6.07) is 0. The zero-order chi connectivity index (χ0) is 18.5. The van der Waals surface area contributed by atoms with Crippen LogP contribution >= 0.6 is 7.82 Å². The van der Waals surface area contributed by atoms with E-state index in [1.807, 2.05) is 0 Å². The smallest absolute Gasteiger partial charge is 0.317 e. The van der Waals surface area contributed by atoms with Crippen LogP contribution in [0.4, 0.5) is 0 Å². The molecule has 3 N–H and O–H groups in total. The Kier molecular flexibility index (Phi) is 23.1. The van der Waals surface area contributed by atoms with Crippen molar-refractivity contribution in [1.82, 2.24) is 5.48 Å². The third kappa shape index (κ3) is 24.3. The summed E-state index contributed by atoms with van der Waals surface area (Å²) < 4.78 is 21.5. The van der Waals surface area contributed by atoms with E-state index >= 15 is 0 Å². The van der Waals surface area contributed by atoms with Crippen LogP contribution in [-0.2, 0) is 13.6 Å². The van der Waals surface area contributed by atoms with Crippen LogP contribution in [0.25, 0.3) is 0 Å². The second-order valence-corrected chi connectivity index (χ2v) is 7.35. The van der Waals surface area contributed by atoms with Crippen LogP contribution in [0.2, 0.25) is 0 Å². The van der Waals surface area contributed by atoms with E-state index in [0.29, 0.717) is 13.2 Å². The molecule has 0 saturated carbocycles. The molecule has 0 heterocycles. The first-order valence-electron chi connectivity index (χ1n) is 9.46. The second-order valence-electron chi connectivity index (χ2n) is 5.89. The lowest BCUT2D eigenvalue weighted by Gasteiger charge is -2.12. The van der Waals surface area contributed by atoms with Crippen LogP contribution in [-0.4, -0.2) is 30.4 Å². The van der Waals surface area contributed by atoms with Crippen molar-refractivity contribution in [1.29, 1.82) is 0 Å². The molecule has 0 radical (unpaired) electrons. The van der Waals surface area contributed by atoms with Crippen molar-refractivity contribution >= 4 is 7.82 Å². The molecule has 0 aliphatic carbocycles. The molecule has 0 aromatic carbocycles. The van der Waals surface area contributed by atoms with Crippen LogP contribution < -0.4 is 5.48 Å². The Morgan fingerprint density at radius 1 is 0.750 bits per heavy atom. The maximum absolute atomic E-state index is 11.6. The Balaban J connectivity index is 0. The summed E-state index contributed by atoms with van der Waals surface area (Å²) in [6.07, 6.45) is 13.6. The fraction of sp³-hybridized carbons (Fsp3) is 1.00. The Morgan fingerprint density at radius 2 is 1.04 bits per heavy atom. The first kappa shape index (κ1) is 26.3. The summed E-state index contributed by atoms with van der Waals surface area (Å²) in [4.78, 5) is 9.51. The van der Waals surface area contributed by atoms with E-state index in [9.17, 15) is 9.46 Å². The molecule has 0 unspecified atom stereocenters. The van der Waals surface area contributed by atoms with Gasteiger partial charge in [0.1, 0.15) is 0 Å². The van der Waals surface area contributed by atoms with Gasteiger partial charge in [-0.25, -0.2) is 10.0 Å². The molecule has 0 amide bonds. The zero-order valence-corrected chi connectivity index (χ0v) is 16.9. The highest BCUT2D eigenvalue weighted by atomic mass is 31.2. The average molecular weight is 369 g/mol. The second kappa shape index (κ2) is 21.1. The molecule has 7 heteroatoms. The molecule has 0 saturated heterocycles. The van der Waals surface area contributed by atoms with Gasteiger partial charge in [0.15, 0.2) is 0 Å². The molecule has 0 aliphatic heterocycles. The lowest BCUT2D eigenvalue weighted by Crippen LogP contribution is -1.99. The van der Waals surface area contributed by atoms with Crippen molar-refractivity contribution in [3.63, 3.8) is 0 Å². The molecule has 6 nitrogen and oxygen atoms in total. The van der Waals surface area contributed by atoms with Crippen LogP contribution in [0.3, 0.4) is 0 Å². The number of hydrogen-bond donors (Lipinski definition) is 3. The quantitative estimate of drug-likeness (QED) is 0.191. The predicted molar refractivity (Wildman–Crippen MR) is 99.3 cm³/mol. The Labute approximate surface area is 148 Å². The van der Waals surface area contributed by atoms with Crippen molar-refractivity contribution < 1.29 is 23.7 Å². The molecule has 0 bridgehead atoms. The van der Waals surface area contributed by atoms with E-state index < -0.39 is 7.82 Å². The topological polar surface area (TPSA) is 88.0 Å². The maximum atomic E-state index is 11.6. The van der Waals surface area contributed by atoms with E-state index in [1.165, 1.54) is 58.4 Å². The van der Waals surface area contributed by atoms with Gasteiger partial charge in [0.2, 0.25) is 0 Å². The predicted octanol–water partition coefficient (Wildman–Crippen LogP) is 5.44. The molecular weight excluding hydrogens is 329 g/mol. The largest absolute Gasteiger partial charge is 0.472 e. The Morgan fingerprint density at radius 3 is 1.38 bits per heavy atom. The first-order chi connectivity index (χ1) is 11.5. The van der Waals surface area contributed by atoms with Gasteiger partial charge >= 0.3 is 7.82 Å². The third-order valence-corrected chi connectivity index (χ3v) is 4.52. The highest BCUT2D eigenvalue weighted by molar-refractivity contribution is 7.47. The van der Waals surface area contributed by atoms with Crippen LogP contribution in [0, 0.1) is 0 Å². The number of phosphoric ester groups is 1. The fourth-order valence-electron chi connectivity index (χ4n) is 2.16. The van der Waals surface area contributed by atoms with Crippen molar-refractivity contribution in [2.24, 2.45) is 0 Å². The standard InChI is InChI=1S/C16H35O4P.CH5NO/c1-3-5-7-9-11-13-15-19-21(17,18)20-16-14-12-10-8-6-4-2;1-2-3/h3-16H2,1-2H3,(H,17,18);2-3H,1H3. The van der Waals surface area contributed by atoms with Gasteiger partial charge in [-0.1, -0.05) is 78.1 Å². The van der Waals surface area contributed by atoms with E-state index in [1.54, 1.807) is 5.48 Å². The molecule has 0 spiro atoms. The molecule has 0 rings (SSSR count). The van der Waals surface area contributed by atoms with E-state index in [2.05, 4.69) is 13.8 Å². The van der Waals surface area contributed by atoms with Crippen LogP contribution in [0.5, 0.6) is 0 Å². The maximum Gasteiger partial charge on any atom is 0.472 e. The van der Waals surface area contributed by atoms with Gasteiger partial charge in [-0.2, -0.15) is 0 Å². The van der Waals surface area contributed by atoms with E-state index in [0.717, 1.165) is 25.7 Å². The number of nitrogens with one attached hydrogen (secondary N) is 1. The van der Waals surface area contributed by atoms with Gasteiger partial charge in [-0.15, -0.1) is 0 Å². The van der Waals surface area contributed by atoms with Crippen molar-refractivity contribution in [3.05, 3.63) is 0 Å². The van der Waals surface area contributed by atoms with Crippen LogP contribution in [0.15, 0.2) is 0 Å². The SMILES string of the molecule is CCCCCCCCOP(=O)(O)OCCCCCCCC.CNO. The van der Waals surface area contributed by atoms with E-state index in [4.69, 9.17) is 14.3 Å². The molecule has 0 atom stereocenters. The van der Waals surface area contributed by atoms with Crippen LogP contribution in [0.1, 0.15) is 90.9 Å². The van der Waals surface area contributed by atoms with E-state index in [-0.39, 0.29) is 0 Å². The van der Waals surface area contributed by atoms with Gasteiger partial charge < -0.3 is 10.1 Å². The Bertz CT molecular complexity index is 258. The highest BCUT2D eigenvalue weighted by Gasteiger charge is 2.19. The fourth-order valence-corrected chi connectivity index (χ4v) is 2.96. The molecule has 24 heavy (non-hydrogen) atoms. The summed E-state index contributed by atoms with van der Waals surface area (Å²) >= 11 is 0. The summed E-state index contributed by atoms with van der Waals surface area (Å²) in [5.41, 5.74) is 1.75. The number of unbranched alkanes of at least 4 members (excludes halogenated alkanes) is 10. The lowest BCUT2D eigenvalue weighted by atomic mass is 10.1. The normalized spacial score (nSPS) is 11.2. The first-order valence-corrected chi connectivity index (χ1v) is 11.0. The van der Waals surface area contributed by atoms with Gasteiger partial charge in [0.05, 0.1) is 13.2 Å². The number of rotatable bonds is 16. The minimum absolute atomic E-state index is 0.316. The molecule has 0 aliphatic rings. The minimum Gasteiger partial charge on any atom is -0.317 e. The summed E-state index contributed by atoms with van der Waals surface area (Å²) in [6.45, 7) is 5.01. The highest BCUT2D eigenvalue weighted by Crippen LogP contribution is 2.43. The third-order valence-electron chi connectivity index (χ3n) is 3.50. The van der Waals surface area contributed by atoms with Gasteiger partial charge in [-0.3, -0.25) is 9.05 Å².